The average Bonchev–Trinajstić information content (AvgIpc) is 3.69. The normalized spacial score (nSPS) is 19.1. The van der Waals surface area contributed by atoms with Crippen LogP contribution in [0.3, 0.4) is 0 Å². The van der Waals surface area contributed by atoms with E-state index < -0.39 is 22.9 Å². The van der Waals surface area contributed by atoms with E-state index in [0.29, 0.717) is 31.4 Å². The predicted octanol–water partition coefficient (Wildman–Crippen LogP) is 7.81. The standard InChI is InChI=1S/C39H38F3N7/c1-6-37(3)38(7-2,49-34(24-35(45-49)39(40,41)42)32-14-10-11-21-48(32)37)18-17-25-22-33-28(26-12-8-9-13-30(26)46(33)4)23-27(25)31-16-15-29-36(47(31)5)44-20-19-43-29/h8-16,19-24H,6-7,17-18H2,1-5H3/q+2. The van der Waals surface area contributed by atoms with E-state index in [2.05, 4.69) is 99.1 Å². The van der Waals surface area contributed by atoms with Crippen molar-refractivity contribution in [2.75, 3.05) is 0 Å². The number of nitrogens with zero attached hydrogens (tertiary/aromatic N) is 7. The number of fused-ring (bicyclic) bond motifs is 7. The van der Waals surface area contributed by atoms with Gasteiger partial charge in [-0.3, -0.25) is 0 Å². The van der Waals surface area contributed by atoms with Gasteiger partial charge in [0.2, 0.25) is 5.69 Å². The van der Waals surface area contributed by atoms with Gasteiger partial charge < -0.3 is 4.57 Å². The highest BCUT2D eigenvalue weighted by atomic mass is 19.4. The van der Waals surface area contributed by atoms with Crippen molar-refractivity contribution >= 4 is 33.0 Å². The van der Waals surface area contributed by atoms with Crippen LogP contribution in [0.25, 0.3) is 55.6 Å². The lowest BCUT2D eigenvalue weighted by molar-refractivity contribution is -0.771. The van der Waals surface area contributed by atoms with Crippen molar-refractivity contribution < 1.29 is 22.3 Å². The maximum absolute atomic E-state index is 14.3. The molecule has 1 aliphatic heterocycles. The Hall–Kier alpha value is -5.12. The summed E-state index contributed by atoms with van der Waals surface area (Å²) in [4.78, 5) is 9.16. The van der Waals surface area contributed by atoms with Gasteiger partial charge in [-0.1, -0.05) is 32.0 Å². The number of halogens is 3. The number of alkyl halides is 3. The largest absolute Gasteiger partial charge is 0.435 e. The molecule has 2 atom stereocenters. The SMILES string of the molecule is CCC1(CCc2cc3c(cc2-c2ccc4nccnc4[n+]2C)c2ccccc2n3C)n2nc(C(F)(F)F)cc2-c2cccc[n+]2C1(C)CC. The summed E-state index contributed by atoms with van der Waals surface area (Å²) in [6.45, 7) is 6.38. The van der Waals surface area contributed by atoms with Crippen LogP contribution >= 0.6 is 0 Å². The van der Waals surface area contributed by atoms with Gasteiger partial charge in [0.15, 0.2) is 29.1 Å². The van der Waals surface area contributed by atoms with E-state index in [1.165, 1.54) is 11.5 Å². The van der Waals surface area contributed by atoms with Crippen molar-refractivity contribution in [3.8, 4) is 22.6 Å². The zero-order valence-corrected chi connectivity index (χ0v) is 28.3. The number of aromatic nitrogens is 7. The fourth-order valence-corrected chi connectivity index (χ4v) is 8.55. The minimum absolute atomic E-state index is 0.490. The number of hydrogen-bond acceptors (Lipinski definition) is 3. The Morgan fingerprint density at radius 3 is 2.39 bits per heavy atom. The third-order valence-corrected chi connectivity index (χ3v) is 11.3. The van der Waals surface area contributed by atoms with E-state index in [9.17, 15) is 13.2 Å². The molecule has 7 nitrogen and oxygen atoms in total. The highest BCUT2D eigenvalue weighted by molar-refractivity contribution is 6.09. The molecule has 10 heteroatoms. The smallest absolute Gasteiger partial charge is 0.344 e. The second-order valence-electron chi connectivity index (χ2n) is 13.4. The van der Waals surface area contributed by atoms with Gasteiger partial charge in [0, 0.05) is 66.0 Å². The maximum atomic E-state index is 14.3. The molecule has 7 aromatic rings. The number of benzene rings is 2. The molecule has 0 radical (unpaired) electrons. The molecule has 2 aromatic carbocycles. The number of aryl methyl sites for hydroxylation is 3. The van der Waals surface area contributed by atoms with E-state index in [4.69, 9.17) is 0 Å². The van der Waals surface area contributed by atoms with Crippen molar-refractivity contribution in [1.29, 1.82) is 0 Å². The van der Waals surface area contributed by atoms with Crippen molar-refractivity contribution in [3.63, 3.8) is 0 Å². The number of hydrogen-bond donors (Lipinski definition) is 0. The van der Waals surface area contributed by atoms with Crippen molar-refractivity contribution in [2.45, 2.75) is 63.7 Å². The maximum Gasteiger partial charge on any atom is 0.435 e. The van der Waals surface area contributed by atoms with Gasteiger partial charge in [0.25, 0.3) is 0 Å². The summed E-state index contributed by atoms with van der Waals surface area (Å²) in [7, 11) is 4.10. The summed E-state index contributed by atoms with van der Waals surface area (Å²) in [5.74, 6) is 0. The van der Waals surface area contributed by atoms with Gasteiger partial charge in [0.1, 0.15) is 16.9 Å². The van der Waals surface area contributed by atoms with Crippen LogP contribution in [0.15, 0.2) is 91.4 Å². The molecule has 8 rings (SSSR count). The van der Waals surface area contributed by atoms with Crippen LogP contribution in [-0.2, 0) is 37.8 Å². The molecule has 0 amide bonds. The third kappa shape index (κ3) is 4.38. The van der Waals surface area contributed by atoms with E-state index in [1.54, 1.807) is 17.1 Å². The molecule has 0 saturated carbocycles. The Kier molecular flexibility index (Phi) is 6.96. The van der Waals surface area contributed by atoms with Crippen molar-refractivity contribution in [2.24, 2.45) is 14.1 Å². The molecule has 1 aliphatic rings. The highest BCUT2D eigenvalue weighted by Gasteiger charge is 2.60. The number of pyridine rings is 2. The topological polar surface area (TPSA) is 56.3 Å². The Labute approximate surface area is 282 Å². The van der Waals surface area contributed by atoms with Crippen LogP contribution in [0, 0.1) is 0 Å². The van der Waals surface area contributed by atoms with Gasteiger partial charge in [-0.05, 0) is 66.2 Å². The van der Waals surface area contributed by atoms with Crippen LogP contribution in [0.1, 0.15) is 51.3 Å². The highest BCUT2D eigenvalue weighted by Crippen LogP contribution is 2.49. The summed E-state index contributed by atoms with van der Waals surface area (Å²) >= 11 is 0. The summed E-state index contributed by atoms with van der Waals surface area (Å²) in [6.07, 6.45) is 3.32. The molecule has 0 spiro atoms. The zero-order chi connectivity index (χ0) is 34.3. The minimum atomic E-state index is -4.56. The second-order valence-corrected chi connectivity index (χ2v) is 13.4. The van der Waals surface area contributed by atoms with E-state index in [0.717, 1.165) is 50.1 Å². The van der Waals surface area contributed by atoms with Crippen molar-refractivity contribution in [1.82, 2.24) is 24.3 Å². The molecule has 5 aromatic heterocycles. The van der Waals surface area contributed by atoms with Crippen LogP contribution < -0.4 is 9.13 Å². The Balaban J connectivity index is 1.36. The van der Waals surface area contributed by atoms with E-state index in [1.807, 2.05) is 37.5 Å². The molecule has 0 N–H and O–H groups in total. The molecule has 2 unspecified atom stereocenters. The lowest BCUT2D eigenvalue weighted by Gasteiger charge is -2.47. The molecule has 6 heterocycles. The summed E-state index contributed by atoms with van der Waals surface area (Å²) in [5.41, 5.74) is 6.01. The van der Waals surface area contributed by atoms with Crippen LogP contribution in [0.5, 0.6) is 0 Å². The Morgan fingerprint density at radius 1 is 0.837 bits per heavy atom. The van der Waals surface area contributed by atoms with E-state index >= 15 is 0 Å². The van der Waals surface area contributed by atoms with Gasteiger partial charge in [-0.2, -0.15) is 22.8 Å². The first-order valence-corrected chi connectivity index (χ1v) is 16.8. The second kappa shape index (κ2) is 10.9. The lowest BCUT2D eigenvalue weighted by Crippen LogP contribution is -2.71. The molecular formula is C39H38F3N7+2. The Morgan fingerprint density at radius 2 is 1.61 bits per heavy atom. The summed E-state index contributed by atoms with van der Waals surface area (Å²) in [6, 6.07) is 24.0. The summed E-state index contributed by atoms with van der Waals surface area (Å²) in [5, 5.41) is 6.69. The molecule has 0 aliphatic carbocycles. The third-order valence-electron chi connectivity index (χ3n) is 11.3. The number of para-hydroxylation sites is 1. The first-order valence-electron chi connectivity index (χ1n) is 16.8. The lowest BCUT2D eigenvalue weighted by atomic mass is 9.68. The Bertz CT molecular complexity index is 2420. The molecular weight excluding hydrogens is 623 g/mol. The van der Waals surface area contributed by atoms with Gasteiger partial charge in [-0.25, -0.2) is 14.2 Å². The van der Waals surface area contributed by atoms with E-state index in [-0.39, 0.29) is 0 Å². The fraction of sp³-hybridized carbons (Fsp3) is 0.308. The molecule has 0 bridgehead atoms. The minimum Gasteiger partial charge on any atom is -0.344 e. The van der Waals surface area contributed by atoms with Gasteiger partial charge >= 0.3 is 11.8 Å². The predicted molar refractivity (Wildman–Crippen MR) is 184 cm³/mol. The average molecular weight is 662 g/mol. The molecule has 0 fully saturated rings. The zero-order valence-electron chi connectivity index (χ0n) is 28.3. The quantitative estimate of drug-likeness (QED) is 0.171. The van der Waals surface area contributed by atoms with Crippen LogP contribution in [-0.4, -0.2) is 24.3 Å². The first-order chi connectivity index (χ1) is 23.5. The number of rotatable bonds is 6. The molecule has 248 valence electrons. The molecule has 49 heavy (non-hydrogen) atoms. The fourth-order valence-electron chi connectivity index (χ4n) is 8.55. The van der Waals surface area contributed by atoms with Gasteiger partial charge in [-0.15, -0.1) is 0 Å². The van der Waals surface area contributed by atoms with Crippen LogP contribution in [0.2, 0.25) is 0 Å². The van der Waals surface area contributed by atoms with Gasteiger partial charge in [0.05, 0.1) is 13.2 Å². The monoisotopic (exact) mass is 661 g/mol. The van der Waals surface area contributed by atoms with Crippen molar-refractivity contribution in [3.05, 3.63) is 103 Å². The first kappa shape index (κ1) is 31.2. The summed E-state index contributed by atoms with van der Waals surface area (Å²) < 4.78 is 51.1. The van der Waals surface area contributed by atoms with Crippen LogP contribution in [0.4, 0.5) is 13.2 Å². The molecule has 0 saturated heterocycles.